The van der Waals surface area contributed by atoms with Crippen LogP contribution >= 0.6 is 0 Å². The Hall–Kier alpha value is -1.91. The van der Waals surface area contributed by atoms with Gasteiger partial charge in [-0.3, -0.25) is 9.59 Å². The molecule has 1 saturated heterocycles. The van der Waals surface area contributed by atoms with Gasteiger partial charge in [0.15, 0.2) is 12.4 Å². The highest BCUT2D eigenvalue weighted by Crippen LogP contribution is 2.14. The van der Waals surface area contributed by atoms with Crippen LogP contribution in [0.2, 0.25) is 0 Å². The number of aldehydes is 1. The van der Waals surface area contributed by atoms with Crippen LogP contribution in [0.25, 0.3) is 0 Å². The standard InChI is InChI=1S/C14H18N2O3/c1-11(14(18)16-7-3-2-4-8-16)19-13-6-5-12(10-17)15-9-13/h5-6,9-11H,2-4,7-8H2,1H3. The Balaban J connectivity index is 1.93. The fourth-order valence-corrected chi connectivity index (χ4v) is 2.16. The summed E-state index contributed by atoms with van der Waals surface area (Å²) in [4.78, 5) is 28.4. The molecule has 1 aliphatic rings. The van der Waals surface area contributed by atoms with Gasteiger partial charge in [-0.05, 0) is 38.3 Å². The molecule has 2 rings (SSSR count). The van der Waals surface area contributed by atoms with E-state index in [0.717, 1.165) is 25.9 Å². The first-order valence-corrected chi connectivity index (χ1v) is 6.57. The molecule has 0 aliphatic carbocycles. The van der Waals surface area contributed by atoms with Gasteiger partial charge in [-0.25, -0.2) is 4.98 Å². The minimum absolute atomic E-state index is 0.0131. The van der Waals surface area contributed by atoms with Crippen molar-refractivity contribution in [1.29, 1.82) is 0 Å². The Morgan fingerprint density at radius 3 is 2.68 bits per heavy atom. The van der Waals surface area contributed by atoms with Crippen molar-refractivity contribution in [3.05, 3.63) is 24.0 Å². The molecule has 5 nitrogen and oxygen atoms in total. The number of carbonyl (C=O) groups excluding carboxylic acids is 2. The van der Waals surface area contributed by atoms with Crippen molar-refractivity contribution < 1.29 is 14.3 Å². The number of aromatic nitrogens is 1. The largest absolute Gasteiger partial charge is 0.479 e. The highest BCUT2D eigenvalue weighted by atomic mass is 16.5. The van der Waals surface area contributed by atoms with Crippen molar-refractivity contribution in [2.45, 2.75) is 32.3 Å². The number of amides is 1. The summed E-state index contributed by atoms with van der Waals surface area (Å²) < 4.78 is 5.56. The summed E-state index contributed by atoms with van der Waals surface area (Å²) in [5.74, 6) is 0.516. The summed E-state index contributed by atoms with van der Waals surface area (Å²) in [5, 5.41) is 0. The molecule has 0 N–H and O–H groups in total. The van der Waals surface area contributed by atoms with Gasteiger partial charge in [0, 0.05) is 13.1 Å². The van der Waals surface area contributed by atoms with E-state index in [1.807, 2.05) is 4.90 Å². The van der Waals surface area contributed by atoms with Crippen LogP contribution in [0.3, 0.4) is 0 Å². The third kappa shape index (κ3) is 3.53. The van der Waals surface area contributed by atoms with Crippen LogP contribution in [0, 0.1) is 0 Å². The van der Waals surface area contributed by atoms with Gasteiger partial charge >= 0.3 is 0 Å². The summed E-state index contributed by atoms with van der Waals surface area (Å²) in [6, 6.07) is 3.22. The van der Waals surface area contributed by atoms with Crippen molar-refractivity contribution in [2.75, 3.05) is 13.1 Å². The quantitative estimate of drug-likeness (QED) is 0.774. The predicted octanol–water partition coefficient (Wildman–Crippen LogP) is 1.67. The van der Waals surface area contributed by atoms with Crippen LogP contribution in [0.15, 0.2) is 18.3 Å². The Morgan fingerprint density at radius 1 is 1.37 bits per heavy atom. The van der Waals surface area contributed by atoms with Crippen molar-refractivity contribution in [1.82, 2.24) is 9.88 Å². The number of ether oxygens (including phenoxy) is 1. The summed E-state index contributed by atoms with van der Waals surface area (Å²) in [6.45, 7) is 3.37. The van der Waals surface area contributed by atoms with Crippen LogP contribution in [0.5, 0.6) is 5.75 Å². The summed E-state index contributed by atoms with van der Waals surface area (Å²) in [7, 11) is 0. The van der Waals surface area contributed by atoms with E-state index < -0.39 is 6.10 Å². The first-order valence-electron chi connectivity index (χ1n) is 6.57. The lowest BCUT2D eigenvalue weighted by atomic mass is 10.1. The molecule has 1 aromatic rings. The van der Waals surface area contributed by atoms with E-state index in [1.54, 1.807) is 19.1 Å². The molecule has 0 spiro atoms. The number of hydrogen-bond donors (Lipinski definition) is 0. The number of nitrogens with zero attached hydrogens (tertiary/aromatic N) is 2. The molecule has 19 heavy (non-hydrogen) atoms. The van der Waals surface area contributed by atoms with Gasteiger partial charge in [-0.15, -0.1) is 0 Å². The minimum Gasteiger partial charge on any atom is -0.479 e. The maximum Gasteiger partial charge on any atom is 0.263 e. The zero-order valence-corrected chi connectivity index (χ0v) is 11.0. The Bertz CT molecular complexity index is 439. The zero-order valence-electron chi connectivity index (χ0n) is 11.0. The molecule has 0 bridgehead atoms. The van der Waals surface area contributed by atoms with Crippen molar-refractivity contribution in [3.63, 3.8) is 0 Å². The molecule has 102 valence electrons. The van der Waals surface area contributed by atoms with Crippen LogP contribution in [0.4, 0.5) is 0 Å². The van der Waals surface area contributed by atoms with Crippen LogP contribution in [0.1, 0.15) is 36.7 Å². The van der Waals surface area contributed by atoms with E-state index in [4.69, 9.17) is 4.74 Å². The van der Waals surface area contributed by atoms with E-state index in [0.29, 0.717) is 17.7 Å². The molecular weight excluding hydrogens is 244 g/mol. The highest BCUT2D eigenvalue weighted by molar-refractivity contribution is 5.81. The van der Waals surface area contributed by atoms with Gasteiger partial charge < -0.3 is 9.64 Å². The summed E-state index contributed by atoms with van der Waals surface area (Å²) in [6.07, 6.45) is 4.93. The van der Waals surface area contributed by atoms with E-state index in [2.05, 4.69) is 4.98 Å². The molecule has 0 radical (unpaired) electrons. The van der Waals surface area contributed by atoms with Crippen LogP contribution in [-0.4, -0.2) is 41.3 Å². The average molecular weight is 262 g/mol. The zero-order chi connectivity index (χ0) is 13.7. The lowest BCUT2D eigenvalue weighted by Gasteiger charge is -2.29. The van der Waals surface area contributed by atoms with E-state index >= 15 is 0 Å². The molecule has 1 fully saturated rings. The van der Waals surface area contributed by atoms with Crippen LogP contribution < -0.4 is 4.74 Å². The molecule has 0 saturated carbocycles. The van der Waals surface area contributed by atoms with Gasteiger partial charge in [0.1, 0.15) is 11.4 Å². The van der Waals surface area contributed by atoms with Gasteiger partial charge in [0.25, 0.3) is 5.91 Å². The second-order valence-electron chi connectivity index (χ2n) is 4.68. The normalized spacial score (nSPS) is 16.8. The average Bonchev–Trinajstić information content (AvgIpc) is 2.48. The minimum atomic E-state index is -0.526. The van der Waals surface area contributed by atoms with Crippen molar-refractivity contribution in [3.8, 4) is 5.75 Å². The number of carbonyl (C=O) groups is 2. The second kappa shape index (κ2) is 6.31. The van der Waals surface area contributed by atoms with Gasteiger partial charge in [-0.1, -0.05) is 0 Å². The topological polar surface area (TPSA) is 59.5 Å². The lowest BCUT2D eigenvalue weighted by molar-refractivity contribution is -0.138. The lowest BCUT2D eigenvalue weighted by Crippen LogP contribution is -2.43. The SMILES string of the molecule is CC(Oc1ccc(C=O)nc1)C(=O)N1CCCCC1. The first-order chi connectivity index (χ1) is 9.20. The smallest absolute Gasteiger partial charge is 0.263 e. The molecule has 1 aromatic heterocycles. The number of piperidine rings is 1. The maximum absolute atomic E-state index is 12.1. The molecular formula is C14H18N2O3. The fraction of sp³-hybridized carbons (Fsp3) is 0.500. The number of rotatable bonds is 4. The number of hydrogen-bond acceptors (Lipinski definition) is 4. The van der Waals surface area contributed by atoms with Gasteiger partial charge in [-0.2, -0.15) is 0 Å². The molecule has 1 aliphatic heterocycles. The maximum atomic E-state index is 12.1. The number of likely N-dealkylation sites (tertiary alicyclic amines) is 1. The van der Waals surface area contributed by atoms with E-state index in [-0.39, 0.29) is 5.91 Å². The monoisotopic (exact) mass is 262 g/mol. The molecule has 5 heteroatoms. The highest BCUT2D eigenvalue weighted by Gasteiger charge is 2.23. The molecule has 1 atom stereocenters. The van der Waals surface area contributed by atoms with Crippen LogP contribution in [-0.2, 0) is 4.79 Å². The first kappa shape index (κ1) is 13.5. The number of pyridine rings is 1. The second-order valence-corrected chi connectivity index (χ2v) is 4.68. The summed E-state index contributed by atoms with van der Waals surface area (Å²) >= 11 is 0. The molecule has 1 unspecified atom stereocenters. The van der Waals surface area contributed by atoms with Crippen molar-refractivity contribution in [2.24, 2.45) is 0 Å². The van der Waals surface area contributed by atoms with E-state index in [1.165, 1.54) is 12.6 Å². The van der Waals surface area contributed by atoms with Crippen molar-refractivity contribution >= 4 is 12.2 Å². The Labute approximate surface area is 112 Å². The van der Waals surface area contributed by atoms with Gasteiger partial charge in [0.2, 0.25) is 0 Å². The van der Waals surface area contributed by atoms with E-state index in [9.17, 15) is 9.59 Å². The molecule has 2 heterocycles. The van der Waals surface area contributed by atoms with Gasteiger partial charge in [0.05, 0.1) is 6.20 Å². The molecule has 1 amide bonds. The fourth-order valence-electron chi connectivity index (χ4n) is 2.16. The summed E-state index contributed by atoms with van der Waals surface area (Å²) in [5.41, 5.74) is 0.349. The predicted molar refractivity (Wildman–Crippen MR) is 70.1 cm³/mol. The molecule has 0 aromatic carbocycles. The Morgan fingerprint density at radius 2 is 2.11 bits per heavy atom. The Kier molecular flexibility index (Phi) is 4.49. The third-order valence-electron chi connectivity index (χ3n) is 3.21. The third-order valence-corrected chi connectivity index (χ3v) is 3.21.